The molecule has 1 heterocycles. The number of carbonyl (C=O) groups excluding carboxylic acids is 1. The van der Waals surface area contributed by atoms with Gasteiger partial charge in [0.25, 0.3) is 0 Å². The summed E-state index contributed by atoms with van der Waals surface area (Å²) >= 11 is 0. The number of hydrogen-bond acceptors (Lipinski definition) is 2. The van der Waals surface area contributed by atoms with E-state index in [9.17, 15) is 4.79 Å². The van der Waals surface area contributed by atoms with Gasteiger partial charge in [-0.2, -0.15) is 0 Å². The molecule has 0 aromatic heterocycles. The first-order valence-electron chi connectivity index (χ1n) is 4.37. The molecule has 1 amide bonds. The predicted molar refractivity (Wildman–Crippen MR) is 51.6 cm³/mol. The summed E-state index contributed by atoms with van der Waals surface area (Å²) in [5.41, 5.74) is 2.30. The van der Waals surface area contributed by atoms with E-state index in [1.807, 2.05) is 24.3 Å². The van der Waals surface area contributed by atoms with Gasteiger partial charge in [-0.25, -0.2) is 0 Å². The van der Waals surface area contributed by atoms with E-state index < -0.39 is 0 Å². The number of para-hydroxylation sites is 1. The lowest BCUT2D eigenvalue weighted by Gasteiger charge is -2.08. The normalized spacial score (nSPS) is 19.0. The van der Waals surface area contributed by atoms with Crippen LogP contribution in [-0.2, 0) is 11.2 Å². The molecule has 1 aromatic rings. The molecule has 3 nitrogen and oxygen atoms in total. The largest absolute Gasteiger partial charge is 0.373 e. The molecular formula is C10H12N2O. The molecule has 0 fully saturated rings. The number of nitrogens with one attached hydrogen (secondary N) is 2. The van der Waals surface area contributed by atoms with Gasteiger partial charge in [0.15, 0.2) is 0 Å². The van der Waals surface area contributed by atoms with Crippen LogP contribution in [0.2, 0.25) is 0 Å². The Labute approximate surface area is 77.1 Å². The lowest BCUT2D eigenvalue weighted by atomic mass is 10.1. The number of rotatable bonds is 1. The number of benzene rings is 1. The Morgan fingerprint density at radius 3 is 3.00 bits per heavy atom. The Balaban J connectivity index is 2.18. The fourth-order valence-electron chi connectivity index (χ4n) is 1.63. The van der Waals surface area contributed by atoms with Crippen LogP contribution in [-0.4, -0.2) is 19.0 Å². The zero-order valence-electron chi connectivity index (χ0n) is 7.50. The highest BCUT2D eigenvalue weighted by atomic mass is 16.2. The molecule has 0 spiro atoms. The number of anilines is 1. The topological polar surface area (TPSA) is 41.1 Å². The Morgan fingerprint density at radius 2 is 2.31 bits per heavy atom. The Bertz CT molecular complexity index is 310. The van der Waals surface area contributed by atoms with Crippen molar-refractivity contribution in [2.75, 3.05) is 12.4 Å². The summed E-state index contributed by atoms with van der Waals surface area (Å²) < 4.78 is 0. The van der Waals surface area contributed by atoms with Gasteiger partial charge in [-0.05, 0) is 11.6 Å². The molecule has 1 aliphatic rings. The van der Waals surface area contributed by atoms with Crippen LogP contribution in [0.5, 0.6) is 0 Å². The monoisotopic (exact) mass is 176 g/mol. The van der Waals surface area contributed by atoms with Crippen molar-refractivity contribution in [3.63, 3.8) is 0 Å². The Morgan fingerprint density at radius 1 is 1.54 bits per heavy atom. The molecule has 1 atom stereocenters. The van der Waals surface area contributed by atoms with Crippen molar-refractivity contribution in [2.24, 2.45) is 0 Å². The van der Waals surface area contributed by atoms with Crippen LogP contribution in [0.15, 0.2) is 24.3 Å². The number of amides is 1. The molecule has 0 saturated carbocycles. The van der Waals surface area contributed by atoms with Gasteiger partial charge in [0.1, 0.15) is 6.04 Å². The molecule has 13 heavy (non-hydrogen) atoms. The maximum Gasteiger partial charge on any atom is 0.242 e. The second kappa shape index (κ2) is 3.09. The zero-order chi connectivity index (χ0) is 9.26. The summed E-state index contributed by atoms with van der Waals surface area (Å²) in [5.74, 6) is 0.0520. The molecular weight excluding hydrogens is 164 g/mol. The van der Waals surface area contributed by atoms with E-state index in [1.165, 1.54) is 5.56 Å². The van der Waals surface area contributed by atoms with Crippen LogP contribution in [0.3, 0.4) is 0 Å². The molecule has 2 rings (SSSR count). The first-order valence-corrected chi connectivity index (χ1v) is 4.37. The Hall–Kier alpha value is -1.51. The van der Waals surface area contributed by atoms with Gasteiger partial charge in [0, 0.05) is 19.2 Å². The number of carbonyl (C=O) groups is 1. The van der Waals surface area contributed by atoms with Gasteiger partial charge >= 0.3 is 0 Å². The van der Waals surface area contributed by atoms with E-state index in [4.69, 9.17) is 0 Å². The van der Waals surface area contributed by atoms with Crippen molar-refractivity contribution in [1.29, 1.82) is 0 Å². The highest BCUT2D eigenvalue weighted by Crippen LogP contribution is 2.24. The number of hydrogen-bond donors (Lipinski definition) is 2. The SMILES string of the molecule is CNC(=O)[C@@H]1Cc2ccccc2N1. The van der Waals surface area contributed by atoms with Gasteiger partial charge in [0.05, 0.1) is 0 Å². The van der Waals surface area contributed by atoms with E-state index >= 15 is 0 Å². The summed E-state index contributed by atoms with van der Waals surface area (Å²) in [6.07, 6.45) is 0.788. The van der Waals surface area contributed by atoms with Crippen LogP contribution in [0, 0.1) is 0 Å². The second-order valence-electron chi connectivity index (χ2n) is 3.17. The molecule has 1 aliphatic heterocycles. The minimum absolute atomic E-state index is 0.0520. The fraction of sp³-hybridized carbons (Fsp3) is 0.300. The van der Waals surface area contributed by atoms with Crippen molar-refractivity contribution in [1.82, 2.24) is 5.32 Å². The van der Waals surface area contributed by atoms with Crippen molar-refractivity contribution in [2.45, 2.75) is 12.5 Å². The predicted octanol–water partition coefficient (Wildman–Crippen LogP) is 0.769. The maximum absolute atomic E-state index is 11.3. The van der Waals surface area contributed by atoms with Gasteiger partial charge in [-0.3, -0.25) is 4.79 Å². The van der Waals surface area contributed by atoms with Crippen LogP contribution in [0.4, 0.5) is 5.69 Å². The third-order valence-electron chi connectivity index (χ3n) is 2.33. The van der Waals surface area contributed by atoms with E-state index in [1.54, 1.807) is 7.05 Å². The van der Waals surface area contributed by atoms with Crippen molar-refractivity contribution < 1.29 is 4.79 Å². The average molecular weight is 176 g/mol. The fourth-order valence-corrected chi connectivity index (χ4v) is 1.63. The molecule has 1 aromatic carbocycles. The van der Waals surface area contributed by atoms with E-state index in [0.29, 0.717) is 0 Å². The Kier molecular flexibility index (Phi) is 1.93. The maximum atomic E-state index is 11.3. The van der Waals surface area contributed by atoms with E-state index in [0.717, 1.165) is 12.1 Å². The van der Waals surface area contributed by atoms with E-state index in [2.05, 4.69) is 10.6 Å². The molecule has 0 radical (unpaired) electrons. The van der Waals surface area contributed by atoms with E-state index in [-0.39, 0.29) is 11.9 Å². The van der Waals surface area contributed by atoms with Crippen molar-refractivity contribution >= 4 is 11.6 Å². The van der Waals surface area contributed by atoms with Gasteiger partial charge in [-0.1, -0.05) is 18.2 Å². The van der Waals surface area contributed by atoms with Crippen LogP contribution >= 0.6 is 0 Å². The van der Waals surface area contributed by atoms with Crippen LogP contribution in [0.1, 0.15) is 5.56 Å². The molecule has 2 N–H and O–H groups in total. The summed E-state index contributed by atoms with van der Waals surface area (Å²) in [7, 11) is 1.66. The lowest BCUT2D eigenvalue weighted by Crippen LogP contribution is -2.36. The summed E-state index contributed by atoms with van der Waals surface area (Å²) in [6.45, 7) is 0. The third kappa shape index (κ3) is 1.37. The number of fused-ring (bicyclic) bond motifs is 1. The summed E-state index contributed by atoms with van der Waals surface area (Å²) in [4.78, 5) is 11.3. The summed E-state index contributed by atoms with van der Waals surface area (Å²) in [5, 5.41) is 5.81. The number of likely N-dealkylation sites (N-methyl/N-ethyl adjacent to an activating group) is 1. The standard InChI is InChI=1S/C10H12N2O/c1-11-10(13)9-6-7-4-2-3-5-8(7)12-9/h2-5,9,12H,6H2,1H3,(H,11,13)/t9-/m0/s1. The van der Waals surface area contributed by atoms with Crippen molar-refractivity contribution in [3.8, 4) is 0 Å². The average Bonchev–Trinajstić information content (AvgIpc) is 2.59. The van der Waals surface area contributed by atoms with Gasteiger partial charge in [-0.15, -0.1) is 0 Å². The zero-order valence-corrected chi connectivity index (χ0v) is 7.50. The summed E-state index contributed by atoms with van der Waals surface area (Å²) in [6, 6.07) is 7.91. The minimum Gasteiger partial charge on any atom is -0.373 e. The second-order valence-corrected chi connectivity index (χ2v) is 3.17. The molecule has 68 valence electrons. The minimum atomic E-state index is -0.0950. The first kappa shape index (κ1) is 8.10. The van der Waals surface area contributed by atoms with Crippen LogP contribution < -0.4 is 10.6 Å². The molecule has 0 unspecified atom stereocenters. The lowest BCUT2D eigenvalue weighted by molar-refractivity contribution is -0.121. The third-order valence-corrected chi connectivity index (χ3v) is 2.33. The molecule has 0 bridgehead atoms. The van der Waals surface area contributed by atoms with Crippen molar-refractivity contribution in [3.05, 3.63) is 29.8 Å². The molecule has 3 heteroatoms. The van der Waals surface area contributed by atoms with Gasteiger partial charge in [0.2, 0.25) is 5.91 Å². The molecule has 0 aliphatic carbocycles. The highest BCUT2D eigenvalue weighted by molar-refractivity contribution is 5.87. The van der Waals surface area contributed by atoms with Gasteiger partial charge < -0.3 is 10.6 Å². The molecule has 0 saturated heterocycles. The first-order chi connectivity index (χ1) is 6.31. The van der Waals surface area contributed by atoms with Crippen LogP contribution in [0.25, 0.3) is 0 Å². The highest BCUT2D eigenvalue weighted by Gasteiger charge is 2.24. The smallest absolute Gasteiger partial charge is 0.242 e. The quantitative estimate of drug-likeness (QED) is 0.663.